The Labute approximate surface area is 272 Å². The van der Waals surface area contributed by atoms with Gasteiger partial charge in [-0.05, 0) is 115 Å². The number of fused-ring (bicyclic) bond motifs is 8. The van der Waals surface area contributed by atoms with Gasteiger partial charge in [-0.2, -0.15) is 0 Å². The fourth-order valence-corrected chi connectivity index (χ4v) is 12.5. The Hall–Kier alpha value is -2.24. The quantitative estimate of drug-likeness (QED) is 0.269. The number of methoxy groups -OCH3 is 1. The maximum absolute atomic E-state index is 14.6. The highest BCUT2D eigenvalue weighted by molar-refractivity contribution is 5.89. The molecule has 0 spiro atoms. The monoisotopic (exact) mass is 617 g/mol. The minimum Gasteiger partial charge on any atom is -0.467 e. The van der Waals surface area contributed by atoms with Crippen LogP contribution in [0.1, 0.15) is 125 Å². The molecular formula is C39H59N3O3. The van der Waals surface area contributed by atoms with Crippen LogP contribution in [0, 0.1) is 57.2 Å². The Balaban J connectivity index is 1.41. The summed E-state index contributed by atoms with van der Waals surface area (Å²) in [6, 6.07) is -0.598. The molecule has 1 aromatic heterocycles. The summed E-state index contributed by atoms with van der Waals surface area (Å²) in [7, 11) is 1.43. The van der Waals surface area contributed by atoms with E-state index in [0.29, 0.717) is 30.1 Å². The van der Waals surface area contributed by atoms with Crippen molar-refractivity contribution in [2.45, 2.75) is 132 Å². The van der Waals surface area contributed by atoms with Gasteiger partial charge in [0.1, 0.15) is 12.4 Å². The lowest BCUT2D eigenvalue weighted by Crippen LogP contribution is -2.66. The molecule has 0 radical (unpaired) electrons. The van der Waals surface area contributed by atoms with Crippen LogP contribution in [-0.4, -0.2) is 35.0 Å². The van der Waals surface area contributed by atoms with Gasteiger partial charge in [0.05, 0.1) is 18.2 Å². The van der Waals surface area contributed by atoms with Crippen molar-refractivity contribution in [2.24, 2.45) is 57.2 Å². The van der Waals surface area contributed by atoms with E-state index in [0.717, 1.165) is 38.5 Å². The van der Waals surface area contributed by atoms with E-state index in [9.17, 15) is 9.59 Å². The first kappa shape index (κ1) is 32.7. The maximum atomic E-state index is 14.6. The number of nitrogens with zero attached hydrogens (tertiary/aromatic N) is 2. The van der Waals surface area contributed by atoms with Crippen LogP contribution in [0.2, 0.25) is 0 Å². The third kappa shape index (κ3) is 4.53. The highest BCUT2D eigenvalue weighted by Crippen LogP contribution is 2.75. The number of carbonyl (C=O) groups excluding carboxylic acids is 2. The van der Waals surface area contributed by atoms with Crippen LogP contribution in [0.15, 0.2) is 24.2 Å². The molecule has 5 aliphatic rings. The number of aromatic nitrogens is 2. The summed E-state index contributed by atoms with van der Waals surface area (Å²) in [5.41, 5.74) is 4.00. The molecule has 0 bridgehead atoms. The van der Waals surface area contributed by atoms with E-state index in [1.807, 2.05) is 0 Å². The van der Waals surface area contributed by atoms with E-state index in [1.54, 1.807) is 11.9 Å². The standard InChI is InChI=1S/C39H59N3O3/c1-23(2)19-28(33(43)45-10)42-34(44)39-16-13-24(3)25(4)31(39)27-11-12-30-36(7)20-26-21-40-22-41-32(26)35(5,6)29(36)14-15-38(30,9)37(27,8)17-18-39/h11,21-25,28-31H,12-20H2,1-10H3,(H,42,44)/t24-,25+,28?,29+,30-,31+,36+,37-,38-,39+/m1/s1. The van der Waals surface area contributed by atoms with Gasteiger partial charge in [-0.25, -0.2) is 14.8 Å². The zero-order valence-electron chi connectivity index (χ0n) is 29.8. The summed E-state index contributed by atoms with van der Waals surface area (Å²) < 4.78 is 5.16. The van der Waals surface area contributed by atoms with Gasteiger partial charge in [-0.3, -0.25) is 4.79 Å². The normalized spacial score (nSPS) is 42.1. The molecule has 1 heterocycles. The second-order valence-electron chi connectivity index (χ2n) is 17.8. The maximum Gasteiger partial charge on any atom is 0.328 e. The molecule has 3 fully saturated rings. The minimum atomic E-state index is -0.598. The molecule has 1 N–H and O–H groups in total. The number of ether oxygens (including phenoxy) is 1. The van der Waals surface area contributed by atoms with Crippen LogP contribution in [0.25, 0.3) is 0 Å². The smallest absolute Gasteiger partial charge is 0.328 e. The zero-order chi connectivity index (χ0) is 32.7. The SMILES string of the molecule is COC(=O)C(CC(C)C)NC(=O)[C@]12CC[C@@H](C)[C@H](C)[C@H]1C1=CC[C@@H]3[C@@]4(C)Cc5cncnc5C(C)(C)[C@@H]4CC[C@@]3(C)[C@]1(C)CC2. The van der Waals surface area contributed by atoms with Crippen molar-refractivity contribution in [3.63, 3.8) is 0 Å². The second kappa shape index (κ2) is 10.9. The minimum absolute atomic E-state index is 0.0107. The van der Waals surface area contributed by atoms with Crippen molar-refractivity contribution >= 4 is 11.9 Å². The lowest BCUT2D eigenvalue weighted by atomic mass is 9.33. The Morgan fingerprint density at radius 3 is 2.44 bits per heavy atom. The second-order valence-corrected chi connectivity index (χ2v) is 17.8. The Kier molecular flexibility index (Phi) is 7.92. The molecule has 248 valence electrons. The van der Waals surface area contributed by atoms with Gasteiger partial charge in [0.15, 0.2) is 0 Å². The fourth-order valence-electron chi connectivity index (χ4n) is 12.5. The lowest BCUT2D eigenvalue weighted by Gasteiger charge is -2.71. The van der Waals surface area contributed by atoms with Gasteiger partial charge < -0.3 is 10.1 Å². The first-order valence-corrected chi connectivity index (χ1v) is 18.0. The van der Waals surface area contributed by atoms with E-state index < -0.39 is 11.5 Å². The molecule has 1 amide bonds. The molecule has 0 aromatic carbocycles. The lowest BCUT2D eigenvalue weighted by molar-refractivity contribution is -0.171. The highest BCUT2D eigenvalue weighted by Gasteiger charge is 2.69. The molecule has 0 saturated heterocycles. The summed E-state index contributed by atoms with van der Waals surface area (Å²) in [6.45, 7) is 21.6. The van der Waals surface area contributed by atoms with E-state index in [4.69, 9.17) is 9.72 Å². The fraction of sp³-hybridized carbons (Fsp3) is 0.795. The summed E-state index contributed by atoms with van der Waals surface area (Å²) in [5.74, 6) is 2.31. The van der Waals surface area contributed by atoms with Gasteiger partial charge in [-0.1, -0.05) is 74.0 Å². The van der Waals surface area contributed by atoms with Crippen molar-refractivity contribution < 1.29 is 14.3 Å². The first-order valence-electron chi connectivity index (χ1n) is 18.0. The van der Waals surface area contributed by atoms with E-state index in [-0.39, 0.29) is 45.4 Å². The summed E-state index contributed by atoms with van der Waals surface area (Å²) in [5, 5.41) is 3.28. The number of hydrogen-bond donors (Lipinski definition) is 1. The van der Waals surface area contributed by atoms with Crippen LogP contribution < -0.4 is 5.32 Å². The summed E-state index contributed by atoms with van der Waals surface area (Å²) in [4.78, 5) is 36.8. The first-order chi connectivity index (χ1) is 21.1. The Bertz CT molecular complexity index is 1380. The Morgan fingerprint density at radius 1 is 1.02 bits per heavy atom. The third-order valence-electron chi connectivity index (χ3n) is 15.0. The predicted molar refractivity (Wildman–Crippen MR) is 178 cm³/mol. The van der Waals surface area contributed by atoms with Gasteiger partial charge in [0, 0.05) is 11.6 Å². The number of rotatable bonds is 5. The van der Waals surface area contributed by atoms with Crippen LogP contribution in [0.4, 0.5) is 0 Å². The van der Waals surface area contributed by atoms with Crippen LogP contribution >= 0.6 is 0 Å². The largest absolute Gasteiger partial charge is 0.467 e. The van der Waals surface area contributed by atoms with Crippen LogP contribution in [-0.2, 0) is 26.2 Å². The molecule has 1 aromatic rings. The molecule has 45 heavy (non-hydrogen) atoms. The number of esters is 1. The molecule has 6 nitrogen and oxygen atoms in total. The van der Waals surface area contributed by atoms with E-state index in [2.05, 4.69) is 84.9 Å². The van der Waals surface area contributed by atoms with Crippen molar-refractivity contribution in [1.29, 1.82) is 0 Å². The molecule has 10 atom stereocenters. The number of nitrogens with one attached hydrogen (secondary N) is 1. The highest BCUT2D eigenvalue weighted by atomic mass is 16.5. The average Bonchev–Trinajstić information content (AvgIpc) is 2.98. The molecule has 0 aliphatic heterocycles. The van der Waals surface area contributed by atoms with E-state index in [1.165, 1.54) is 31.2 Å². The average molecular weight is 618 g/mol. The molecule has 3 saturated carbocycles. The topological polar surface area (TPSA) is 81.2 Å². The number of allylic oxidation sites excluding steroid dienone is 2. The van der Waals surface area contributed by atoms with Crippen molar-refractivity contribution in [3.8, 4) is 0 Å². The van der Waals surface area contributed by atoms with Gasteiger partial charge in [0.25, 0.3) is 0 Å². The Morgan fingerprint density at radius 2 is 1.76 bits per heavy atom. The van der Waals surface area contributed by atoms with Crippen molar-refractivity contribution in [2.75, 3.05) is 7.11 Å². The van der Waals surface area contributed by atoms with Crippen molar-refractivity contribution in [1.82, 2.24) is 15.3 Å². The molecular weight excluding hydrogens is 558 g/mol. The molecule has 5 aliphatic carbocycles. The van der Waals surface area contributed by atoms with Crippen LogP contribution in [0.5, 0.6) is 0 Å². The van der Waals surface area contributed by atoms with Gasteiger partial charge in [0.2, 0.25) is 5.91 Å². The number of carbonyl (C=O) groups is 2. The zero-order valence-corrected chi connectivity index (χ0v) is 29.8. The number of amides is 1. The number of hydrogen-bond acceptors (Lipinski definition) is 5. The van der Waals surface area contributed by atoms with Gasteiger partial charge in [-0.15, -0.1) is 0 Å². The predicted octanol–water partition coefficient (Wildman–Crippen LogP) is 7.85. The van der Waals surface area contributed by atoms with E-state index >= 15 is 0 Å². The molecule has 6 heteroatoms. The van der Waals surface area contributed by atoms with Gasteiger partial charge >= 0.3 is 5.97 Å². The molecule has 6 rings (SSSR count). The summed E-state index contributed by atoms with van der Waals surface area (Å²) in [6.07, 6.45) is 15.4. The molecule has 1 unspecified atom stereocenters. The third-order valence-corrected chi connectivity index (χ3v) is 15.0. The van der Waals surface area contributed by atoms with Crippen LogP contribution in [0.3, 0.4) is 0 Å². The summed E-state index contributed by atoms with van der Waals surface area (Å²) >= 11 is 0. The van der Waals surface area contributed by atoms with Crippen molar-refractivity contribution in [3.05, 3.63) is 35.4 Å².